The molecule has 33 heavy (non-hydrogen) atoms. The Morgan fingerprint density at radius 3 is 2.94 bits per heavy atom. The zero-order valence-corrected chi connectivity index (χ0v) is 19.2. The molecule has 2 aliphatic rings. The van der Waals surface area contributed by atoms with E-state index in [9.17, 15) is 4.79 Å². The lowest BCUT2D eigenvalue weighted by Crippen LogP contribution is -2.29. The molecular weight excluding hydrogens is 444 g/mol. The Labute approximate surface area is 197 Å². The third-order valence-electron chi connectivity index (χ3n) is 5.53. The normalized spacial score (nSPS) is 17.1. The molecular formula is C25H27ClN2O5. The fourth-order valence-corrected chi connectivity index (χ4v) is 4.05. The number of rotatable bonds is 10. The Balaban J connectivity index is 1.43. The van der Waals surface area contributed by atoms with Crippen molar-refractivity contribution in [3.63, 3.8) is 0 Å². The fourth-order valence-electron chi connectivity index (χ4n) is 3.94. The molecule has 1 unspecified atom stereocenters. The highest BCUT2D eigenvalue weighted by molar-refractivity contribution is 6.31. The summed E-state index contributed by atoms with van der Waals surface area (Å²) in [4.78, 5) is 16.6. The quantitative estimate of drug-likeness (QED) is 0.294. The molecule has 1 atom stereocenters. The largest absolute Gasteiger partial charge is 0.490 e. The minimum absolute atomic E-state index is 0.0624. The summed E-state index contributed by atoms with van der Waals surface area (Å²) in [5.74, 6) is 1.53. The van der Waals surface area contributed by atoms with Crippen molar-refractivity contribution in [1.29, 1.82) is 0 Å². The molecule has 1 aromatic heterocycles. The first-order chi connectivity index (χ1) is 16.0. The SMILES string of the molecule is C=C/C=C(/OCCOc1ccc2c(c1)CCn1c-2cc(OCC2CCCO2)nc1=O)C(=C)Cl. The topological polar surface area (TPSA) is 71.8 Å². The molecule has 2 aliphatic heterocycles. The van der Waals surface area contributed by atoms with E-state index in [2.05, 4.69) is 18.1 Å². The second kappa shape index (κ2) is 10.7. The second-order valence-corrected chi connectivity index (χ2v) is 8.25. The van der Waals surface area contributed by atoms with E-state index in [4.69, 9.17) is 30.5 Å². The van der Waals surface area contributed by atoms with Crippen LogP contribution in [0.2, 0.25) is 0 Å². The Hall–Kier alpha value is -3.03. The Bertz CT molecular complexity index is 1120. The highest BCUT2D eigenvalue weighted by atomic mass is 35.5. The average Bonchev–Trinajstić information content (AvgIpc) is 3.33. The van der Waals surface area contributed by atoms with Crippen LogP contribution in [0.4, 0.5) is 0 Å². The van der Waals surface area contributed by atoms with Crippen LogP contribution in [0.15, 0.2) is 65.2 Å². The van der Waals surface area contributed by atoms with Crippen LogP contribution in [0.5, 0.6) is 11.6 Å². The molecule has 0 aliphatic carbocycles. The molecule has 0 radical (unpaired) electrons. The van der Waals surface area contributed by atoms with Crippen molar-refractivity contribution in [1.82, 2.24) is 9.55 Å². The van der Waals surface area contributed by atoms with Crippen LogP contribution < -0.4 is 15.2 Å². The van der Waals surface area contributed by atoms with Crippen molar-refractivity contribution in [2.45, 2.75) is 31.9 Å². The Kier molecular flexibility index (Phi) is 7.52. The first kappa shape index (κ1) is 23.1. The molecule has 0 spiro atoms. The summed E-state index contributed by atoms with van der Waals surface area (Å²) in [5.41, 5.74) is 2.57. The number of hydrogen-bond donors (Lipinski definition) is 0. The lowest BCUT2D eigenvalue weighted by molar-refractivity contribution is 0.0661. The highest BCUT2D eigenvalue weighted by Gasteiger charge is 2.21. The molecule has 174 valence electrons. The van der Waals surface area contributed by atoms with Crippen LogP contribution in [0.3, 0.4) is 0 Å². The molecule has 1 aromatic carbocycles. The molecule has 4 rings (SSSR count). The fraction of sp³-hybridized carbons (Fsp3) is 0.360. The van der Waals surface area contributed by atoms with Gasteiger partial charge < -0.3 is 18.9 Å². The van der Waals surface area contributed by atoms with Crippen LogP contribution in [0, 0.1) is 0 Å². The van der Waals surface area contributed by atoms with E-state index in [0.717, 1.165) is 42.0 Å². The first-order valence-corrected chi connectivity index (χ1v) is 11.4. The predicted molar refractivity (Wildman–Crippen MR) is 127 cm³/mol. The van der Waals surface area contributed by atoms with E-state index in [0.29, 0.717) is 49.5 Å². The van der Waals surface area contributed by atoms with Gasteiger partial charge in [0.2, 0.25) is 5.88 Å². The van der Waals surface area contributed by atoms with E-state index < -0.39 is 0 Å². The van der Waals surface area contributed by atoms with Crippen molar-refractivity contribution >= 4 is 11.6 Å². The van der Waals surface area contributed by atoms with E-state index in [1.807, 2.05) is 24.3 Å². The van der Waals surface area contributed by atoms with E-state index in [1.165, 1.54) is 0 Å². The summed E-state index contributed by atoms with van der Waals surface area (Å²) in [6, 6.07) is 7.67. The summed E-state index contributed by atoms with van der Waals surface area (Å²) < 4.78 is 24.5. The number of allylic oxidation sites excluding steroid dienone is 3. The smallest absolute Gasteiger partial charge is 0.351 e. The van der Waals surface area contributed by atoms with Crippen molar-refractivity contribution in [3.8, 4) is 22.9 Å². The third-order valence-corrected chi connectivity index (χ3v) is 5.72. The number of hydrogen-bond acceptors (Lipinski definition) is 6. The molecule has 3 heterocycles. The van der Waals surface area contributed by atoms with Crippen molar-refractivity contribution < 1.29 is 18.9 Å². The molecule has 1 fully saturated rings. The van der Waals surface area contributed by atoms with Crippen molar-refractivity contribution in [3.05, 3.63) is 76.4 Å². The first-order valence-electron chi connectivity index (χ1n) is 11.0. The molecule has 7 nitrogen and oxygen atoms in total. The van der Waals surface area contributed by atoms with Gasteiger partial charge in [0.1, 0.15) is 31.3 Å². The number of halogens is 1. The lowest BCUT2D eigenvalue weighted by atomic mass is 9.97. The van der Waals surface area contributed by atoms with Gasteiger partial charge in [0, 0.05) is 24.8 Å². The zero-order valence-electron chi connectivity index (χ0n) is 18.4. The van der Waals surface area contributed by atoms with Gasteiger partial charge in [0.05, 0.1) is 16.8 Å². The number of benzene rings is 1. The van der Waals surface area contributed by atoms with Gasteiger partial charge in [-0.1, -0.05) is 30.8 Å². The number of aryl methyl sites for hydroxylation is 1. The molecule has 0 amide bonds. The van der Waals surface area contributed by atoms with Crippen molar-refractivity contribution in [2.24, 2.45) is 0 Å². The summed E-state index contributed by atoms with van der Waals surface area (Å²) in [6.07, 6.45) is 6.02. The molecule has 0 saturated carbocycles. The van der Waals surface area contributed by atoms with Gasteiger partial charge in [-0.3, -0.25) is 4.57 Å². The molecule has 0 N–H and O–H groups in total. The van der Waals surface area contributed by atoms with Crippen LogP contribution in [0.25, 0.3) is 11.3 Å². The standard InChI is InChI=1S/C25H27ClN2O5/c1-3-5-23(17(2)26)32-13-12-31-19-7-8-21-18(14-19)9-10-28-22(21)15-24(27-25(28)29)33-16-20-6-4-11-30-20/h3,5,7-8,14-15,20H,1-2,4,6,9-13,16H2/b23-5+. The number of nitrogens with zero attached hydrogens (tertiary/aromatic N) is 2. The molecule has 8 heteroatoms. The maximum absolute atomic E-state index is 12.6. The third kappa shape index (κ3) is 5.67. The maximum atomic E-state index is 12.6. The van der Waals surface area contributed by atoms with Gasteiger partial charge in [-0.05, 0) is 49.1 Å². The van der Waals surface area contributed by atoms with Gasteiger partial charge in [-0.15, -0.1) is 0 Å². The Morgan fingerprint density at radius 1 is 1.30 bits per heavy atom. The molecule has 0 bridgehead atoms. The number of aromatic nitrogens is 2. The van der Waals surface area contributed by atoms with Crippen molar-refractivity contribution in [2.75, 3.05) is 26.4 Å². The van der Waals surface area contributed by atoms with Gasteiger partial charge in [-0.2, -0.15) is 4.98 Å². The van der Waals surface area contributed by atoms with Crippen LogP contribution in [0.1, 0.15) is 18.4 Å². The van der Waals surface area contributed by atoms with Crippen LogP contribution in [-0.4, -0.2) is 42.1 Å². The van der Waals surface area contributed by atoms with Gasteiger partial charge in [-0.25, -0.2) is 4.79 Å². The van der Waals surface area contributed by atoms with Crippen LogP contribution >= 0.6 is 11.6 Å². The van der Waals surface area contributed by atoms with E-state index >= 15 is 0 Å². The minimum atomic E-state index is -0.303. The minimum Gasteiger partial charge on any atom is -0.490 e. The number of ether oxygens (including phenoxy) is 4. The average molecular weight is 471 g/mol. The predicted octanol–water partition coefficient (Wildman–Crippen LogP) is 4.24. The van der Waals surface area contributed by atoms with Gasteiger partial charge >= 0.3 is 5.69 Å². The molecule has 1 saturated heterocycles. The summed E-state index contributed by atoms with van der Waals surface area (Å²) in [5, 5.41) is 0.311. The summed E-state index contributed by atoms with van der Waals surface area (Å²) in [6.45, 7) is 9.67. The maximum Gasteiger partial charge on any atom is 0.351 e. The summed E-state index contributed by atoms with van der Waals surface area (Å²) in [7, 11) is 0. The monoisotopic (exact) mass is 470 g/mol. The van der Waals surface area contributed by atoms with Gasteiger partial charge in [0.25, 0.3) is 0 Å². The second-order valence-electron chi connectivity index (χ2n) is 7.80. The van der Waals surface area contributed by atoms with Gasteiger partial charge in [0.15, 0.2) is 0 Å². The van der Waals surface area contributed by atoms with E-state index in [-0.39, 0.29) is 11.8 Å². The van der Waals surface area contributed by atoms with E-state index in [1.54, 1.807) is 16.7 Å². The molecule has 2 aromatic rings. The zero-order chi connectivity index (χ0) is 23.2. The highest BCUT2D eigenvalue weighted by Crippen LogP contribution is 2.32. The lowest BCUT2D eigenvalue weighted by Gasteiger charge is -2.22. The van der Waals surface area contributed by atoms with Crippen LogP contribution in [-0.2, 0) is 22.4 Å². The Morgan fingerprint density at radius 2 is 2.18 bits per heavy atom. The number of fused-ring (bicyclic) bond motifs is 3. The summed E-state index contributed by atoms with van der Waals surface area (Å²) >= 11 is 5.89.